The second-order valence-corrected chi connectivity index (χ2v) is 6.63. The molecule has 140 valence electrons. The van der Waals surface area contributed by atoms with E-state index in [1.807, 2.05) is 62.4 Å². The van der Waals surface area contributed by atoms with Crippen molar-refractivity contribution in [1.82, 2.24) is 19.7 Å². The summed E-state index contributed by atoms with van der Waals surface area (Å²) in [5, 5.41) is 4.12. The molecule has 1 amide bonds. The topological polar surface area (TPSA) is 60.2 Å². The maximum Gasteiger partial charge on any atom is 0.263 e. The minimum absolute atomic E-state index is 0.0654. The van der Waals surface area contributed by atoms with Crippen LogP contribution in [0.25, 0.3) is 5.69 Å². The summed E-state index contributed by atoms with van der Waals surface area (Å²) in [4.78, 5) is 18.4. The van der Waals surface area contributed by atoms with Crippen molar-refractivity contribution in [3.8, 4) is 11.4 Å². The van der Waals surface area contributed by atoms with Gasteiger partial charge in [-0.25, -0.2) is 9.67 Å². The molecule has 2 unspecified atom stereocenters. The summed E-state index contributed by atoms with van der Waals surface area (Å²) in [7, 11) is 1.80. The lowest BCUT2D eigenvalue weighted by Crippen LogP contribution is -2.39. The van der Waals surface area contributed by atoms with Crippen LogP contribution in [0.2, 0.25) is 0 Å². The number of likely N-dealkylation sites (N-methyl/N-ethyl adjacent to an activating group) is 1. The smallest absolute Gasteiger partial charge is 0.263 e. The molecule has 2 aromatic carbocycles. The molecule has 0 saturated carbocycles. The predicted molar refractivity (Wildman–Crippen MR) is 104 cm³/mol. The molecule has 27 heavy (non-hydrogen) atoms. The van der Waals surface area contributed by atoms with Crippen molar-refractivity contribution >= 4 is 5.91 Å². The molecule has 3 rings (SSSR count). The molecule has 0 fully saturated rings. The number of benzene rings is 2. The van der Waals surface area contributed by atoms with Gasteiger partial charge in [0.05, 0.1) is 11.7 Å². The fourth-order valence-electron chi connectivity index (χ4n) is 2.89. The number of hydrogen-bond donors (Lipinski definition) is 0. The van der Waals surface area contributed by atoms with Crippen LogP contribution in [0.15, 0.2) is 61.2 Å². The third-order valence-electron chi connectivity index (χ3n) is 4.64. The molecule has 0 aliphatic carbocycles. The van der Waals surface area contributed by atoms with Gasteiger partial charge in [0.25, 0.3) is 5.91 Å². The van der Waals surface area contributed by atoms with E-state index in [1.54, 1.807) is 29.9 Å². The van der Waals surface area contributed by atoms with E-state index in [-0.39, 0.29) is 11.9 Å². The van der Waals surface area contributed by atoms with Gasteiger partial charge in [-0.3, -0.25) is 4.79 Å². The Morgan fingerprint density at radius 2 is 1.89 bits per heavy atom. The van der Waals surface area contributed by atoms with Crippen LogP contribution in [0.3, 0.4) is 0 Å². The molecule has 0 bridgehead atoms. The Labute approximate surface area is 159 Å². The van der Waals surface area contributed by atoms with E-state index in [0.29, 0.717) is 5.75 Å². The SMILES string of the molecule is Cc1cccc(OC(C)C(=O)N(C)C(C)c2ccc(-n3cncn3)cc2)c1. The minimum Gasteiger partial charge on any atom is -0.481 e. The summed E-state index contributed by atoms with van der Waals surface area (Å²) in [6.45, 7) is 5.78. The molecule has 0 radical (unpaired) electrons. The van der Waals surface area contributed by atoms with Gasteiger partial charge in [-0.05, 0) is 56.2 Å². The summed E-state index contributed by atoms with van der Waals surface area (Å²) in [6.07, 6.45) is 2.59. The van der Waals surface area contributed by atoms with Gasteiger partial charge in [-0.1, -0.05) is 24.3 Å². The number of ether oxygens (including phenoxy) is 1. The lowest BCUT2D eigenvalue weighted by Gasteiger charge is -2.28. The van der Waals surface area contributed by atoms with E-state index in [4.69, 9.17) is 4.74 Å². The Morgan fingerprint density at radius 1 is 1.15 bits per heavy atom. The van der Waals surface area contributed by atoms with Gasteiger partial charge < -0.3 is 9.64 Å². The summed E-state index contributed by atoms with van der Waals surface area (Å²) in [5.41, 5.74) is 3.06. The summed E-state index contributed by atoms with van der Waals surface area (Å²) < 4.78 is 7.52. The van der Waals surface area contributed by atoms with Crippen molar-refractivity contribution in [2.75, 3.05) is 7.05 Å². The number of rotatable bonds is 6. The highest BCUT2D eigenvalue weighted by atomic mass is 16.5. The number of hydrogen-bond acceptors (Lipinski definition) is 4. The minimum atomic E-state index is -0.561. The first-order valence-corrected chi connectivity index (χ1v) is 8.90. The zero-order chi connectivity index (χ0) is 19.4. The molecule has 1 aromatic heterocycles. The molecule has 0 N–H and O–H groups in total. The Balaban J connectivity index is 1.66. The molecule has 0 saturated heterocycles. The Kier molecular flexibility index (Phi) is 5.54. The van der Waals surface area contributed by atoms with E-state index >= 15 is 0 Å². The van der Waals surface area contributed by atoms with Gasteiger partial charge in [0.1, 0.15) is 18.4 Å². The van der Waals surface area contributed by atoms with Gasteiger partial charge in [-0.2, -0.15) is 5.10 Å². The van der Waals surface area contributed by atoms with Crippen LogP contribution >= 0.6 is 0 Å². The molecular weight excluding hydrogens is 340 g/mol. The second kappa shape index (κ2) is 8.03. The second-order valence-electron chi connectivity index (χ2n) is 6.63. The standard InChI is InChI=1S/C21H24N4O2/c1-15-6-5-7-20(12-15)27-17(3)21(26)24(4)16(2)18-8-10-19(11-9-18)25-14-22-13-23-25/h5-14,16-17H,1-4H3. The van der Waals surface area contributed by atoms with Gasteiger partial charge in [-0.15, -0.1) is 0 Å². The molecule has 6 nitrogen and oxygen atoms in total. The number of carbonyl (C=O) groups excluding carboxylic acids is 1. The first-order valence-electron chi connectivity index (χ1n) is 8.90. The van der Waals surface area contributed by atoms with Crippen molar-refractivity contribution in [2.24, 2.45) is 0 Å². The number of amides is 1. The number of nitrogens with zero attached hydrogens (tertiary/aromatic N) is 4. The van der Waals surface area contributed by atoms with Crippen LogP contribution < -0.4 is 4.74 Å². The normalized spacial score (nSPS) is 13.0. The molecular formula is C21H24N4O2. The third-order valence-corrected chi connectivity index (χ3v) is 4.64. The Morgan fingerprint density at radius 3 is 2.52 bits per heavy atom. The van der Waals surface area contributed by atoms with Crippen molar-refractivity contribution in [3.05, 3.63) is 72.3 Å². The number of aromatic nitrogens is 3. The first-order chi connectivity index (χ1) is 13.0. The fraction of sp³-hybridized carbons (Fsp3) is 0.286. The molecule has 0 aliphatic rings. The summed E-state index contributed by atoms with van der Waals surface area (Å²) in [5.74, 6) is 0.637. The quantitative estimate of drug-likeness (QED) is 0.671. The predicted octanol–water partition coefficient (Wildman–Crippen LogP) is 3.56. The highest BCUT2D eigenvalue weighted by Crippen LogP contribution is 2.22. The van der Waals surface area contributed by atoms with Crippen molar-refractivity contribution in [3.63, 3.8) is 0 Å². The number of carbonyl (C=O) groups is 1. The zero-order valence-corrected chi connectivity index (χ0v) is 16.0. The lowest BCUT2D eigenvalue weighted by atomic mass is 10.1. The van der Waals surface area contributed by atoms with Crippen molar-refractivity contribution in [1.29, 1.82) is 0 Å². The van der Waals surface area contributed by atoms with Crippen LogP contribution in [0, 0.1) is 6.92 Å². The largest absolute Gasteiger partial charge is 0.481 e. The lowest BCUT2D eigenvalue weighted by molar-refractivity contribution is -0.138. The van der Waals surface area contributed by atoms with Crippen LogP contribution in [-0.2, 0) is 4.79 Å². The van der Waals surface area contributed by atoms with Gasteiger partial charge >= 0.3 is 0 Å². The fourth-order valence-corrected chi connectivity index (χ4v) is 2.89. The maximum absolute atomic E-state index is 12.8. The highest BCUT2D eigenvalue weighted by molar-refractivity contribution is 5.81. The van der Waals surface area contributed by atoms with E-state index in [1.165, 1.54) is 6.33 Å². The van der Waals surface area contributed by atoms with Gasteiger partial charge in [0, 0.05) is 7.05 Å². The molecule has 2 atom stereocenters. The number of aryl methyl sites for hydroxylation is 1. The third kappa shape index (κ3) is 4.34. The molecule has 0 aliphatic heterocycles. The van der Waals surface area contributed by atoms with E-state index in [2.05, 4.69) is 10.1 Å². The first kappa shape index (κ1) is 18.6. The average molecular weight is 364 g/mol. The summed E-state index contributed by atoms with van der Waals surface area (Å²) >= 11 is 0. The highest BCUT2D eigenvalue weighted by Gasteiger charge is 2.24. The van der Waals surface area contributed by atoms with E-state index < -0.39 is 6.10 Å². The molecule has 1 heterocycles. The monoisotopic (exact) mass is 364 g/mol. The Hall–Kier alpha value is -3.15. The van der Waals surface area contributed by atoms with Gasteiger partial charge in [0.15, 0.2) is 6.10 Å². The van der Waals surface area contributed by atoms with Crippen LogP contribution in [0.1, 0.15) is 31.0 Å². The van der Waals surface area contributed by atoms with Crippen molar-refractivity contribution in [2.45, 2.75) is 32.9 Å². The van der Waals surface area contributed by atoms with Crippen LogP contribution in [0.4, 0.5) is 0 Å². The van der Waals surface area contributed by atoms with Crippen LogP contribution in [-0.4, -0.2) is 38.7 Å². The molecule has 6 heteroatoms. The maximum atomic E-state index is 12.8. The average Bonchev–Trinajstić information content (AvgIpc) is 3.21. The molecule has 3 aromatic rings. The van der Waals surface area contributed by atoms with E-state index in [0.717, 1.165) is 16.8 Å². The van der Waals surface area contributed by atoms with Gasteiger partial charge in [0.2, 0.25) is 0 Å². The summed E-state index contributed by atoms with van der Waals surface area (Å²) in [6, 6.07) is 15.6. The zero-order valence-electron chi connectivity index (χ0n) is 16.0. The van der Waals surface area contributed by atoms with Crippen molar-refractivity contribution < 1.29 is 9.53 Å². The van der Waals surface area contributed by atoms with Crippen LogP contribution in [0.5, 0.6) is 5.75 Å². The Bertz CT molecular complexity index is 891. The van der Waals surface area contributed by atoms with E-state index in [9.17, 15) is 4.79 Å². The molecule has 0 spiro atoms.